The summed E-state index contributed by atoms with van der Waals surface area (Å²) < 4.78 is 21.9. The van der Waals surface area contributed by atoms with E-state index >= 15 is 0 Å². The molecular formula is C12H23N3O4S. The Morgan fingerprint density at radius 3 is 2.40 bits per heavy atom. The molecule has 0 aromatic carbocycles. The Balaban J connectivity index is 1.80. The van der Waals surface area contributed by atoms with Gasteiger partial charge in [-0.15, -0.1) is 0 Å². The first-order chi connectivity index (χ1) is 9.37. The molecule has 2 rings (SSSR count). The second kappa shape index (κ2) is 6.38. The van der Waals surface area contributed by atoms with Crippen LogP contribution in [0.3, 0.4) is 0 Å². The molecule has 2 aliphatic rings. The van der Waals surface area contributed by atoms with Crippen LogP contribution < -0.4 is 5.14 Å². The number of piperidine rings is 1. The van der Waals surface area contributed by atoms with Gasteiger partial charge in [-0.1, -0.05) is 0 Å². The number of carboxylic acids is 1. The molecule has 0 bridgehead atoms. The van der Waals surface area contributed by atoms with Gasteiger partial charge in [0.25, 0.3) is 0 Å². The topological polar surface area (TPSA) is 104 Å². The highest BCUT2D eigenvalue weighted by Crippen LogP contribution is 2.26. The van der Waals surface area contributed by atoms with Crippen molar-refractivity contribution in [3.63, 3.8) is 0 Å². The molecule has 0 aliphatic carbocycles. The summed E-state index contributed by atoms with van der Waals surface area (Å²) in [5.41, 5.74) is 0. The van der Waals surface area contributed by atoms with Gasteiger partial charge in [-0.2, -0.15) is 0 Å². The number of carbonyl (C=O) groups is 1. The molecule has 1 unspecified atom stereocenters. The van der Waals surface area contributed by atoms with Crippen LogP contribution in [0.2, 0.25) is 0 Å². The number of nitrogens with two attached hydrogens (primary N) is 1. The minimum absolute atomic E-state index is 0.0148. The summed E-state index contributed by atoms with van der Waals surface area (Å²) in [6.07, 6.45) is 3.48. The van der Waals surface area contributed by atoms with E-state index < -0.39 is 16.0 Å². The van der Waals surface area contributed by atoms with Crippen molar-refractivity contribution in [3.8, 4) is 0 Å². The van der Waals surface area contributed by atoms with Crippen LogP contribution in [0.4, 0.5) is 0 Å². The molecule has 0 aromatic rings. The third-order valence-electron chi connectivity index (χ3n) is 4.30. The molecule has 1 atom stereocenters. The van der Waals surface area contributed by atoms with Gasteiger partial charge in [0.1, 0.15) is 6.04 Å². The van der Waals surface area contributed by atoms with E-state index in [1.54, 1.807) is 0 Å². The Kier molecular flexibility index (Phi) is 5.00. The van der Waals surface area contributed by atoms with Crippen LogP contribution >= 0.6 is 0 Å². The van der Waals surface area contributed by atoms with Crippen LogP contribution in [-0.2, 0) is 14.8 Å². The van der Waals surface area contributed by atoms with Gasteiger partial charge in [-0.05, 0) is 45.3 Å². The maximum absolute atomic E-state index is 11.2. The van der Waals surface area contributed by atoms with Crippen LogP contribution in [0.15, 0.2) is 0 Å². The lowest BCUT2D eigenvalue weighted by Crippen LogP contribution is -2.49. The van der Waals surface area contributed by atoms with Crippen molar-refractivity contribution in [3.05, 3.63) is 0 Å². The van der Waals surface area contributed by atoms with Gasteiger partial charge in [0.15, 0.2) is 0 Å². The van der Waals surface area contributed by atoms with E-state index in [1.165, 1.54) is 0 Å². The summed E-state index contributed by atoms with van der Waals surface area (Å²) in [7, 11) is -3.40. The lowest BCUT2D eigenvalue weighted by atomic mass is 10.0. The molecular weight excluding hydrogens is 282 g/mol. The van der Waals surface area contributed by atoms with Gasteiger partial charge in [0.05, 0.1) is 5.75 Å². The summed E-state index contributed by atoms with van der Waals surface area (Å²) in [5.74, 6) is -0.738. The van der Waals surface area contributed by atoms with Crippen LogP contribution in [0.25, 0.3) is 0 Å². The van der Waals surface area contributed by atoms with Crippen LogP contribution in [-0.4, -0.2) is 73.3 Å². The van der Waals surface area contributed by atoms with E-state index in [1.807, 2.05) is 0 Å². The molecule has 2 saturated heterocycles. The zero-order valence-corrected chi connectivity index (χ0v) is 12.4. The molecule has 116 valence electrons. The van der Waals surface area contributed by atoms with Gasteiger partial charge >= 0.3 is 5.97 Å². The first-order valence-corrected chi connectivity index (χ1v) is 8.80. The highest BCUT2D eigenvalue weighted by Gasteiger charge is 2.36. The lowest BCUT2D eigenvalue weighted by molar-refractivity contribution is -0.143. The van der Waals surface area contributed by atoms with E-state index in [9.17, 15) is 18.3 Å². The number of aliphatic carboxylic acids is 1. The fourth-order valence-electron chi connectivity index (χ4n) is 3.22. The average Bonchev–Trinajstić information content (AvgIpc) is 2.85. The second-order valence-corrected chi connectivity index (χ2v) is 7.41. The van der Waals surface area contributed by atoms with Crippen molar-refractivity contribution < 1.29 is 18.3 Å². The molecule has 2 fully saturated rings. The lowest BCUT2D eigenvalue weighted by Gasteiger charge is -2.38. The average molecular weight is 305 g/mol. The molecule has 20 heavy (non-hydrogen) atoms. The molecule has 2 aliphatic heterocycles. The Bertz CT molecular complexity index is 446. The smallest absolute Gasteiger partial charge is 0.320 e. The van der Waals surface area contributed by atoms with Crippen molar-refractivity contribution in [1.82, 2.24) is 9.80 Å². The van der Waals surface area contributed by atoms with E-state index in [-0.39, 0.29) is 11.8 Å². The molecule has 0 saturated carbocycles. The Hall–Kier alpha value is -0.700. The standard InChI is InChI=1S/C12H23N3O4S/c13-20(18,19)9-8-14-6-3-10(4-7-14)15-5-1-2-11(15)12(16)17/h10-11H,1-9H2,(H,16,17)(H2,13,18,19). The number of rotatable bonds is 5. The van der Waals surface area contributed by atoms with Gasteiger partial charge in [0, 0.05) is 12.6 Å². The highest BCUT2D eigenvalue weighted by atomic mass is 32.2. The first kappa shape index (κ1) is 15.7. The number of carboxylic acid groups (broad SMARTS) is 1. The number of nitrogens with zero attached hydrogens (tertiary/aromatic N) is 2. The normalized spacial score (nSPS) is 26.9. The van der Waals surface area contributed by atoms with Crippen LogP contribution in [0.5, 0.6) is 0 Å². The third kappa shape index (κ3) is 4.15. The van der Waals surface area contributed by atoms with Gasteiger partial charge in [-0.3, -0.25) is 9.69 Å². The first-order valence-electron chi connectivity index (χ1n) is 7.08. The number of sulfonamides is 1. The molecule has 8 heteroatoms. The largest absolute Gasteiger partial charge is 0.480 e. The summed E-state index contributed by atoms with van der Waals surface area (Å²) in [4.78, 5) is 15.4. The highest BCUT2D eigenvalue weighted by molar-refractivity contribution is 7.89. The van der Waals surface area contributed by atoms with Crippen molar-refractivity contribution in [1.29, 1.82) is 0 Å². The van der Waals surface area contributed by atoms with Crippen LogP contribution in [0.1, 0.15) is 25.7 Å². The van der Waals surface area contributed by atoms with Crippen LogP contribution in [0, 0.1) is 0 Å². The van der Waals surface area contributed by atoms with E-state index in [0.29, 0.717) is 12.6 Å². The summed E-state index contributed by atoms with van der Waals surface area (Å²) >= 11 is 0. The molecule has 2 heterocycles. The van der Waals surface area contributed by atoms with Crippen molar-refractivity contribution in [2.45, 2.75) is 37.8 Å². The monoisotopic (exact) mass is 305 g/mol. The third-order valence-corrected chi connectivity index (χ3v) is 5.05. The SMILES string of the molecule is NS(=O)(=O)CCN1CCC(N2CCCC2C(=O)O)CC1. The predicted molar refractivity (Wildman–Crippen MR) is 74.8 cm³/mol. The quantitative estimate of drug-likeness (QED) is 0.695. The van der Waals surface area contributed by atoms with Crippen molar-refractivity contribution in [2.24, 2.45) is 5.14 Å². The Morgan fingerprint density at radius 1 is 1.20 bits per heavy atom. The minimum atomic E-state index is -3.40. The number of primary sulfonamides is 1. The zero-order chi connectivity index (χ0) is 14.8. The van der Waals surface area contributed by atoms with Crippen molar-refractivity contribution >= 4 is 16.0 Å². The number of hydrogen-bond donors (Lipinski definition) is 2. The number of likely N-dealkylation sites (tertiary alicyclic amines) is 2. The van der Waals surface area contributed by atoms with Gasteiger partial charge in [-0.25, -0.2) is 13.6 Å². The fourth-order valence-corrected chi connectivity index (χ4v) is 3.73. The number of hydrogen-bond acceptors (Lipinski definition) is 5. The minimum Gasteiger partial charge on any atom is -0.480 e. The molecule has 0 spiro atoms. The molecule has 0 radical (unpaired) electrons. The summed E-state index contributed by atoms with van der Waals surface area (Å²) in [5, 5.41) is 14.2. The van der Waals surface area contributed by atoms with Crippen molar-refractivity contribution in [2.75, 3.05) is 31.9 Å². The van der Waals surface area contributed by atoms with E-state index in [4.69, 9.17) is 5.14 Å². The maximum atomic E-state index is 11.2. The molecule has 3 N–H and O–H groups in total. The summed E-state index contributed by atoms with van der Waals surface area (Å²) in [6, 6.07) is -0.0275. The predicted octanol–water partition coefficient (Wildman–Crippen LogP) is -0.712. The Morgan fingerprint density at radius 2 is 1.85 bits per heavy atom. The Labute approximate surface area is 119 Å². The fraction of sp³-hybridized carbons (Fsp3) is 0.917. The van der Waals surface area contributed by atoms with Gasteiger partial charge in [0.2, 0.25) is 10.0 Å². The van der Waals surface area contributed by atoms with Gasteiger partial charge < -0.3 is 10.0 Å². The molecule has 0 amide bonds. The summed E-state index contributed by atoms with van der Waals surface area (Å²) in [6.45, 7) is 2.94. The van der Waals surface area contributed by atoms with E-state index in [2.05, 4.69) is 9.80 Å². The van der Waals surface area contributed by atoms with E-state index in [0.717, 1.165) is 45.3 Å². The second-order valence-electron chi connectivity index (χ2n) is 5.67. The molecule has 0 aromatic heterocycles. The maximum Gasteiger partial charge on any atom is 0.320 e. The molecule has 7 nitrogen and oxygen atoms in total. The zero-order valence-electron chi connectivity index (χ0n) is 11.6.